The molecule has 14 heavy (non-hydrogen) atoms. The third kappa shape index (κ3) is 2.62. The average Bonchev–Trinajstić information content (AvgIpc) is 2.19. The smallest absolute Gasteiger partial charge is 0.284 e. The molecule has 5 heteroatoms. The van der Waals surface area contributed by atoms with E-state index in [-0.39, 0.29) is 18.4 Å². The highest BCUT2D eigenvalue weighted by Gasteiger charge is 2.05. The number of nitrogens with one attached hydrogen (secondary N) is 1. The summed E-state index contributed by atoms with van der Waals surface area (Å²) in [6, 6.07) is 2.89. The number of carbonyl (C=O) groups excluding carboxylic acids is 2. The summed E-state index contributed by atoms with van der Waals surface area (Å²) in [7, 11) is 0. The fourth-order valence-electron chi connectivity index (χ4n) is 0.903. The quantitative estimate of drug-likeness (QED) is 0.577. The van der Waals surface area contributed by atoms with Crippen molar-refractivity contribution in [1.29, 1.82) is 0 Å². The number of carbonyl (C=O) groups is 2. The Kier molecular flexibility index (Phi) is 3.28. The molecule has 0 aliphatic heterocycles. The van der Waals surface area contributed by atoms with E-state index >= 15 is 0 Å². The highest BCUT2D eigenvalue weighted by molar-refractivity contribution is 6.23. The summed E-state index contributed by atoms with van der Waals surface area (Å²) in [5, 5.41) is 2.10. The molecule has 74 valence electrons. The fourth-order valence-corrected chi connectivity index (χ4v) is 0.903. The van der Waals surface area contributed by atoms with E-state index in [9.17, 15) is 18.4 Å². The zero-order valence-corrected chi connectivity index (χ0v) is 7.09. The van der Waals surface area contributed by atoms with E-state index in [4.69, 9.17) is 0 Å². The van der Waals surface area contributed by atoms with Gasteiger partial charge in [0.05, 0.1) is 0 Å². The lowest BCUT2D eigenvalue weighted by atomic mass is 10.2. The Morgan fingerprint density at radius 2 is 2.14 bits per heavy atom. The Labute approximate surface area is 78.7 Å². The standard InChI is InChI=1S/C9H7F2NO2/c10-7-1-2-8(11)6(3-7)4-12-9(14)5-13/h1-3,5H,4H2,(H,12,14). The molecule has 1 amide bonds. The first-order valence-corrected chi connectivity index (χ1v) is 3.80. The lowest BCUT2D eigenvalue weighted by Gasteiger charge is -2.02. The summed E-state index contributed by atoms with van der Waals surface area (Å²) in [6.07, 6.45) is 0.0667. The first-order chi connectivity index (χ1) is 6.63. The molecule has 0 atom stereocenters. The molecule has 1 aromatic rings. The Balaban J connectivity index is 2.71. The van der Waals surface area contributed by atoms with Crippen LogP contribution in [0, 0.1) is 11.6 Å². The Bertz CT molecular complexity index is 366. The van der Waals surface area contributed by atoms with Gasteiger partial charge >= 0.3 is 0 Å². The summed E-state index contributed by atoms with van der Waals surface area (Å²) in [5.74, 6) is -2.09. The molecule has 0 unspecified atom stereocenters. The van der Waals surface area contributed by atoms with Crippen molar-refractivity contribution in [3.8, 4) is 0 Å². The lowest BCUT2D eigenvalue weighted by Crippen LogP contribution is -2.23. The molecule has 0 aliphatic rings. The van der Waals surface area contributed by atoms with Crippen molar-refractivity contribution < 1.29 is 18.4 Å². The van der Waals surface area contributed by atoms with E-state index in [1.54, 1.807) is 0 Å². The molecule has 0 saturated carbocycles. The SMILES string of the molecule is O=CC(=O)NCc1cc(F)ccc1F. The van der Waals surface area contributed by atoms with Gasteiger partial charge in [0.25, 0.3) is 5.91 Å². The van der Waals surface area contributed by atoms with Crippen LogP contribution >= 0.6 is 0 Å². The molecular formula is C9H7F2NO2. The van der Waals surface area contributed by atoms with Crippen LogP contribution < -0.4 is 5.32 Å². The minimum atomic E-state index is -0.867. The molecule has 1 rings (SSSR count). The summed E-state index contributed by atoms with van der Waals surface area (Å²) in [4.78, 5) is 20.4. The van der Waals surface area contributed by atoms with Crippen molar-refractivity contribution in [3.63, 3.8) is 0 Å². The van der Waals surface area contributed by atoms with Gasteiger partial charge in [-0.25, -0.2) is 8.78 Å². The second kappa shape index (κ2) is 4.45. The van der Waals surface area contributed by atoms with Gasteiger partial charge in [-0.2, -0.15) is 0 Å². The molecular weight excluding hydrogens is 192 g/mol. The predicted molar refractivity (Wildman–Crippen MR) is 44.3 cm³/mol. The number of amides is 1. The molecule has 0 bridgehead atoms. The van der Waals surface area contributed by atoms with Crippen LogP contribution in [0.3, 0.4) is 0 Å². The van der Waals surface area contributed by atoms with Crippen LogP contribution in [-0.4, -0.2) is 12.2 Å². The normalized spacial score (nSPS) is 9.57. The molecule has 0 saturated heterocycles. The van der Waals surface area contributed by atoms with E-state index in [0.29, 0.717) is 0 Å². The van der Waals surface area contributed by atoms with Crippen LogP contribution in [0.1, 0.15) is 5.56 Å². The van der Waals surface area contributed by atoms with Crippen LogP contribution in [0.25, 0.3) is 0 Å². The highest BCUT2D eigenvalue weighted by atomic mass is 19.1. The van der Waals surface area contributed by atoms with E-state index < -0.39 is 17.5 Å². The van der Waals surface area contributed by atoms with Crippen molar-refractivity contribution in [3.05, 3.63) is 35.4 Å². The lowest BCUT2D eigenvalue weighted by molar-refractivity contribution is -0.131. The van der Waals surface area contributed by atoms with Gasteiger partial charge in [-0.3, -0.25) is 9.59 Å². The minimum absolute atomic E-state index is 0.000185. The van der Waals surface area contributed by atoms with Crippen LogP contribution in [0.2, 0.25) is 0 Å². The second-order valence-electron chi connectivity index (χ2n) is 2.57. The van der Waals surface area contributed by atoms with Crippen LogP contribution in [0.15, 0.2) is 18.2 Å². The van der Waals surface area contributed by atoms with Gasteiger partial charge in [-0.05, 0) is 18.2 Å². The Hall–Kier alpha value is -1.78. The minimum Gasteiger partial charge on any atom is -0.346 e. The zero-order valence-electron chi connectivity index (χ0n) is 7.09. The van der Waals surface area contributed by atoms with Gasteiger partial charge in [0.15, 0.2) is 0 Å². The van der Waals surface area contributed by atoms with E-state index in [1.807, 2.05) is 0 Å². The first-order valence-electron chi connectivity index (χ1n) is 3.80. The van der Waals surface area contributed by atoms with Crippen molar-refractivity contribution >= 4 is 12.2 Å². The van der Waals surface area contributed by atoms with Gasteiger partial charge in [0.2, 0.25) is 6.29 Å². The highest BCUT2D eigenvalue weighted by Crippen LogP contribution is 2.08. The molecule has 0 heterocycles. The van der Waals surface area contributed by atoms with Crippen LogP contribution in [-0.2, 0) is 16.1 Å². The molecule has 1 aromatic carbocycles. The zero-order chi connectivity index (χ0) is 10.6. The molecule has 0 radical (unpaired) electrons. The van der Waals surface area contributed by atoms with Gasteiger partial charge in [-0.1, -0.05) is 0 Å². The Morgan fingerprint density at radius 3 is 2.79 bits per heavy atom. The van der Waals surface area contributed by atoms with Crippen molar-refractivity contribution in [2.45, 2.75) is 6.54 Å². The van der Waals surface area contributed by atoms with Crippen molar-refractivity contribution in [2.75, 3.05) is 0 Å². The topological polar surface area (TPSA) is 46.2 Å². The number of hydrogen-bond acceptors (Lipinski definition) is 2. The predicted octanol–water partition coefficient (Wildman–Crippen LogP) is 0.780. The summed E-state index contributed by atoms with van der Waals surface area (Å²) >= 11 is 0. The van der Waals surface area contributed by atoms with Crippen LogP contribution in [0.5, 0.6) is 0 Å². The maximum absolute atomic E-state index is 12.9. The van der Waals surface area contributed by atoms with Gasteiger partial charge < -0.3 is 5.32 Å². The van der Waals surface area contributed by atoms with E-state index in [0.717, 1.165) is 18.2 Å². The second-order valence-corrected chi connectivity index (χ2v) is 2.57. The number of rotatable bonds is 3. The number of halogens is 2. The molecule has 0 aliphatic carbocycles. The van der Waals surface area contributed by atoms with Crippen LogP contribution in [0.4, 0.5) is 8.78 Å². The van der Waals surface area contributed by atoms with E-state index in [2.05, 4.69) is 5.32 Å². The number of aldehydes is 1. The van der Waals surface area contributed by atoms with Crippen molar-refractivity contribution in [2.24, 2.45) is 0 Å². The monoisotopic (exact) mass is 199 g/mol. The molecule has 0 fully saturated rings. The first kappa shape index (κ1) is 10.3. The summed E-state index contributed by atoms with van der Waals surface area (Å²) < 4.78 is 25.5. The molecule has 1 N–H and O–H groups in total. The van der Waals surface area contributed by atoms with Crippen molar-refractivity contribution in [1.82, 2.24) is 5.32 Å². The summed E-state index contributed by atoms with van der Waals surface area (Å²) in [5.41, 5.74) is 0.000185. The van der Waals surface area contributed by atoms with Gasteiger partial charge in [0, 0.05) is 12.1 Å². The third-order valence-corrected chi connectivity index (χ3v) is 1.57. The van der Waals surface area contributed by atoms with E-state index in [1.165, 1.54) is 0 Å². The Morgan fingerprint density at radius 1 is 1.43 bits per heavy atom. The molecule has 0 aromatic heterocycles. The maximum Gasteiger partial charge on any atom is 0.284 e. The maximum atomic E-state index is 12.9. The average molecular weight is 199 g/mol. The fraction of sp³-hybridized carbons (Fsp3) is 0.111. The number of hydrogen-bond donors (Lipinski definition) is 1. The molecule has 3 nitrogen and oxygen atoms in total. The largest absolute Gasteiger partial charge is 0.346 e. The third-order valence-electron chi connectivity index (χ3n) is 1.57. The number of benzene rings is 1. The summed E-state index contributed by atoms with van der Waals surface area (Å²) in [6.45, 7) is -0.207. The van der Waals surface area contributed by atoms with Gasteiger partial charge in [-0.15, -0.1) is 0 Å². The molecule has 0 spiro atoms. The van der Waals surface area contributed by atoms with Gasteiger partial charge in [0.1, 0.15) is 11.6 Å².